The molecule has 7 heteroatoms. The highest BCUT2D eigenvalue weighted by atomic mass is 32.2. The van der Waals surface area contributed by atoms with Crippen LogP contribution >= 0.6 is 0 Å². The third-order valence-electron chi connectivity index (χ3n) is 4.27. The molecular formula is C19H24N2O4S. The molecule has 0 aliphatic heterocycles. The third-order valence-corrected chi connectivity index (χ3v) is 5.71. The first-order valence-corrected chi connectivity index (χ1v) is 9.81. The first-order chi connectivity index (χ1) is 12.2. The Balaban J connectivity index is 2.15. The smallest absolute Gasteiger partial charge is 0.335 e. The molecule has 2 aromatic rings. The maximum atomic E-state index is 12.5. The summed E-state index contributed by atoms with van der Waals surface area (Å²) in [4.78, 5) is 12.9. The van der Waals surface area contributed by atoms with Gasteiger partial charge in [-0.1, -0.05) is 31.2 Å². The van der Waals surface area contributed by atoms with E-state index in [1.165, 1.54) is 29.8 Å². The average molecular weight is 376 g/mol. The number of hydrogen-bond acceptors (Lipinski definition) is 4. The van der Waals surface area contributed by atoms with Crippen LogP contribution in [0.25, 0.3) is 0 Å². The van der Waals surface area contributed by atoms with Crippen LogP contribution in [0.2, 0.25) is 0 Å². The molecule has 0 unspecified atom stereocenters. The number of carbonyl (C=O) groups is 1. The van der Waals surface area contributed by atoms with E-state index in [1.807, 2.05) is 43.3 Å². The second-order valence-corrected chi connectivity index (χ2v) is 8.02. The highest BCUT2D eigenvalue weighted by Crippen LogP contribution is 2.19. The van der Waals surface area contributed by atoms with Crippen LogP contribution in [0.5, 0.6) is 0 Å². The van der Waals surface area contributed by atoms with Crippen LogP contribution in [0, 0.1) is 0 Å². The molecule has 140 valence electrons. The van der Waals surface area contributed by atoms with Crippen LogP contribution < -0.4 is 4.72 Å². The highest BCUT2D eigenvalue weighted by molar-refractivity contribution is 7.89. The van der Waals surface area contributed by atoms with Crippen molar-refractivity contribution >= 4 is 16.0 Å². The summed E-state index contributed by atoms with van der Waals surface area (Å²) in [6.45, 7) is 2.30. The molecule has 0 spiro atoms. The molecule has 2 aromatic carbocycles. The zero-order valence-electron chi connectivity index (χ0n) is 15.1. The lowest BCUT2D eigenvalue weighted by Gasteiger charge is -2.25. The van der Waals surface area contributed by atoms with Crippen molar-refractivity contribution in [1.29, 1.82) is 0 Å². The van der Waals surface area contributed by atoms with Crippen molar-refractivity contribution in [3.63, 3.8) is 0 Å². The van der Waals surface area contributed by atoms with Crippen molar-refractivity contribution in [2.24, 2.45) is 0 Å². The molecule has 0 aliphatic carbocycles. The number of carboxylic acid groups (broad SMARTS) is 1. The molecule has 2 rings (SSSR count). The van der Waals surface area contributed by atoms with Gasteiger partial charge in [0.1, 0.15) is 0 Å². The predicted molar refractivity (Wildman–Crippen MR) is 101 cm³/mol. The molecular weight excluding hydrogens is 352 g/mol. The fourth-order valence-corrected chi connectivity index (χ4v) is 3.66. The lowest BCUT2D eigenvalue weighted by atomic mass is 10.0. The summed E-state index contributed by atoms with van der Waals surface area (Å²) >= 11 is 0. The normalized spacial score (nSPS) is 12.9. The Bertz CT molecular complexity index is 844. The summed E-state index contributed by atoms with van der Waals surface area (Å²) < 4.78 is 27.6. The fraction of sp³-hybridized carbons (Fsp3) is 0.316. The molecule has 0 amide bonds. The molecule has 0 saturated heterocycles. The van der Waals surface area contributed by atoms with Gasteiger partial charge in [0.15, 0.2) is 0 Å². The zero-order chi connectivity index (χ0) is 19.3. The van der Waals surface area contributed by atoms with Crippen LogP contribution in [0.3, 0.4) is 0 Å². The van der Waals surface area contributed by atoms with Crippen LogP contribution in [0.15, 0.2) is 53.4 Å². The Morgan fingerprint density at radius 1 is 1.08 bits per heavy atom. The Hall–Kier alpha value is -2.22. The minimum Gasteiger partial charge on any atom is -0.478 e. The van der Waals surface area contributed by atoms with Crippen LogP contribution in [-0.2, 0) is 16.4 Å². The van der Waals surface area contributed by atoms with Gasteiger partial charge in [-0.25, -0.2) is 17.9 Å². The molecule has 26 heavy (non-hydrogen) atoms. The van der Waals surface area contributed by atoms with Crippen molar-refractivity contribution < 1.29 is 18.3 Å². The number of aryl methyl sites for hydroxylation is 1. The number of rotatable bonds is 8. The molecule has 2 N–H and O–H groups in total. The highest BCUT2D eigenvalue weighted by Gasteiger charge is 2.20. The van der Waals surface area contributed by atoms with Crippen LogP contribution in [0.4, 0.5) is 0 Å². The van der Waals surface area contributed by atoms with Gasteiger partial charge in [-0.3, -0.25) is 0 Å². The van der Waals surface area contributed by atoms with Gasteiger partial charge in [0, 0.05) is 12.6 Å². The number of aromatic carboxylic acids is 1. The van der Waals surface area contributed by atoms with Gasteiger partial charge in [0.25, 0.3) is 0 Å². The van der Waals surface area contributed by atoms with E-state index < -0.39 is 16.0 Å². The molecule has 0 heterocycles. The number of nitrogens with zero attached hydrogens (tertiary/aromatic N) is 1. The topological polar surface area (TPSA) is 86.7 Å². The largest absolute Gasteiger partial charge is 0.478 e. The van der Waals surface area contributed by atoms with Gasteiger partial charge in [0.2, 0.25) is 10.0 Å². The van der Waals surface area contributed by atoms with E-state index in [-0.39, 0.29) is 23.0 Å². The summed E-state index contributed by atoms with van der Waals surface area (Å²) in [5.41, 5.74) is 2.30. The summed E-state index contributed by atoms with van der Waals surface area (Å²) in [7, 11) is 0.0726. The second-order valence-electron chi connectivity index (χ2n) is 6.26. The maximum absolute atomic E-state index is 12.5. The second kappa shape index (κ2) is 8.44. The molecule has 0 fully saturated rings. The summed E-state index contributed by atoms with van der Waals surface area (Å²) in [6.07, 6.45) is 0.950. The van der Waals surface area contributed by atoms with Crippen molar-refractivity contribution in [3.05, 3.63) is 65.2 Å². The van der Waals surface area contributed by atoms with E-state index in [0.717, 1.165) is 12.0 Å². The van der Waals surface area contributed by atoms with E-state index in [0.29, 0.717) is 0 Å². The van der Waals surface area contributed by atoms with E-state index >= 15 is 0 Å². The van der Waals surface area contributed by atoms with Gasteiger partial charge in [-0.2, -0.15) is 0 Å². The van der Waals surface area contributed by atoms with Crippen molar-refractivity contribution in [2.45, 2.75) is 24.3 Å². The lowest BCUT2D eigenvalue weighted by Crippen LogP contribution is -2.34. The van der Waals surface area contributed by atoms with Gasteiger partial charge < -0.3 is 10.0 Å². The Labute approximate surface area is 154 Å². The number of hydrogen-bond donors (Lipinski definition) is 2. The van der Waals surface area contributed by atoms with E-state index in [1.54, 1.807) is 0 Å². The zero-order valence-corrected chi connectivity index (χ0v) is 16.0. The Kier molecular flexibility index (Phi) is 6.52. The molecule has 1 atom stereocenters. The standard InChI is InChI=1S/C19H24N2O4S/c1-4-14-5-7-15(8-6-14)18(21(2)3)13-20-26(24,25)17-11-9-16(10-12-17)19(22)23/h5-12,18,20H,4,13H2,1-3H3,(H,22,23)/t18-/m0/s1. The first-order valence-electron chi connectivity index (χ1n) is 8.33. The quantitative estimate of drug-likeness (QED) is 0.739. The third kappa shape index (κ3) is 4.91. The number of likely N-dealkylation sites (N-methyl/N-ethyl adjacent to an activating group) is 1. The lowest BCUT2D eigenvalue weighted by molar-refractivity contribution is 0.0696. The summed E-state index contributed by atoms with van der Waals surface area (Å²) in [6, 6.07) is 13.2. The van der Waals surface area contributed by atoms with E-state index in [2.05, 4.69) is 11.6 Å². The van der Waals surface area contributed by atoms with Gasteiger partial charge >= 0.3 is 5.97 Å². The average Bonchev–Trinajstić information content (AvgIpc) is 2.62. The minimum absolute atomic E-state index is 0.0429. The SMILES string of the molecule is CCc1ccc([C@H](CNS(=O)(=O)c2ccc(C(=O)O)cc2)N(C)C)cc1. The predicted octanol–water partition coefficient (Wildman–Crippen LogP) is 2.53. The molecule has 6 nitrogen and oxygen atoms in total. The van der Waals surface area contributed by atoms with E-state index in [4.69, 9.17) is 5.11 Å². The monoisotopic (exact) mass is 376 g/mol. The summed E-state index contributed by atoms with van der Waals surface area (Å²) in [5, 5.41) is 8.91. The maximum Gasteiger partial charge on any atom is 0.335 e. The minimum atomic E-state index is -3.72. The van der Waals surface area contributed by atoms with Crippen molar-refractivity contribution in [1.82, 2.24) is 9.62 Å². The number of carboxylic acids is 1. The summed E-state index contributed by atoms with van der Waals surface area (Å²) in [5.74, 6) is -1.09. The number of sulfonamides is 1. The molecule has 0 aromatic heterocycles. The van der Waals surface area contributed by atoms with Crippen LogP contribution in [0.1, 0.15) is 34.5 Å². The molecule has 0 radical (unpaired) electrons. The molecule has 0 aliphatic rings. The van der Waals surface area contributed by atoms with E-state index in [9.17, 15) is 13.2 Å². The molecule has 0 bridgehead atoms. The molecule has 0 saturated carbocycles. The van der Waals surface area contributed by atoms with Crippen molar-refractivity contribution in [3.8, 4) is 0 Å². The van der Waals surface area contributed by atoms with Gasteiger partial charge in [-0.05, 0) is 55.9 Å². The van der Waals surface area contributed by atoms with Crippen molar-refractivity contribution in [2.75, 3.05) is 20.6 Å². The first kappa shape index (κ1) is 20.1. The van der Waals surface area contributed by atoms with Gasteiger partial charge in [0.05, 0.1) is 10.5 Å². The Morgan fingerprint density at radius 2 is 1.65 bits per heavy atom. The number of nitrogens with one attached hydrogen (secondary N) is 1. The fourth-order valence-electron chi connectivity index (χ4n) is 2.62. The Morgan fingerprint density at radius 3 is 2.12 bits per heavy atom. The van der Waals surface area contributed by atoms with Gasteiger partial charge in [-0.15, -0.1) is 0 Å². The number of benzene rings is 2. The van der Waals surface area contributed by atoms with Crippen LogP contribution in [-0.4, -0.2) is 45.0 Å².